The third kappa shape index (κ3) is 4.60. The maximum absolute atomic E-state index is 15.7. The van der Waals surface area contributed by atoms with Gasteiger partial charge >= 0.3 is 0 Å². The first-order chi connectivity index (χ1) is 17.9. The first-order valence-electron chi connectivity index (χ1n) is 13.2. The van der Waals surface area contributed by atoms with Crippen molar-refractivity contribution in [3.8, 4) is 5.75 Å². The fraction of sp³-hybridized carbons (Fsp3) is 0.483. The van der Waals surface area contributed by atoms with Crippen molar-refractivity contribution < 1.29 is 22.7 Å². The van der Waals surface area contributed by atoms with Crippen molar-refractivity contribution in [3.05, 3.63) is 64.9 Å². The average Bonchev–Trinajstić information content (AvgIpc) is 3.58. The monoisotopic (exact) mass is 511 g/mol. The average molecular weight is 512 g/mol. The fourth-order valence-electron chi connectivity index (χ4n) is 5.96. The summed E-state index contributed by atoms with van der Waals surface area (Å²) < 4.78 is 49.7. The number of fused-ring (bicyclic) bond motifs is 3. The Labute approximate surface area is 214 Å². The van der Waals surface area contributed by atoms with Gasteiger partial charge in [0.05, 0.1) is 12.2 Å². The van der Waals surface area contributed by atoms with Gasteiger partial charge in [-0.3, -0.25) is 14.1 Å². The molecule has 196 valence electrons. The lowest BCUT2D eigenvalue weighted by Crippen LogP contribution is -2.49. The first kappa shape index (κ1) is 24.3. The van der Waals surface area contributed by atoms with E-state index in [1.807, 2.05) is 31.2 Å². The molecule has 1 saturated heterocycles. The SMILES string of the molecule is C[C@@H]1Cc2c([nH]c3ccccc23)[C@@H](c2c(F)cc(OCCN3CC(CF)C3)cc2F)N1C(=O)CC1CC1. The summed E-state index contributed by atoms with van der Waals surface area (Å²) in [6, 6.07) is 9.16. The number of hydrogen-bond donors (Lipinski definition) is 1. The number of hydrogen-bond acceptors (Lipinski definition) is 3. The minimum Gasteiger partial charge on any atom is -0.492 e. The quantitative estimate of drug-likeness (QED) is 0.441. The first-order valence-corrected chi connectivity index (χ1v) is 13.2. The third-order valence-electron chi connectivity index (χ3n) is 8.07. The molecule has 5 nitrogen and oxygen atoms in total. The van der Waals surface area contributed by atoms with Gasteiger partial charge in [-0.25, -0.2) is 8.78 Å². The number of aromatic amines is 1. The molecule has 0 spiro atoms. The van der Waals surface area contributed by atoms with E-state index in [0.717, 1.165) is 29.3 Å². The number of benzene rings is 2. The van der Waals surface area contributed by atoms with Crippen LogP contribution in [0.25, 0.3) is 10.9 Å². The van der Waals surface area contributed by atoms with Crippen molar-refractivity contribution in [2.24, 2.45) is 11.8 Å². The van der Waals surface area contributed by atoms with E-state index in [1.54, 1.807) is 4.90 Å². The Morgan fingerprint density at radius 3 is 2.54 bits per heavy atom. The summed E-state index contributed by atoms with van der Waals surface area (Å²) >= 11 is 0. The number of aromatic nitrogens is 1. The summed E-state index contributed by atoms with van der Waals surface area (Å²) in [5.74, 6) is -0.982. The topological polar surface area (TPSA) is 48.6 Å². The van der Waals surface area contributed by atoms with Crippen molar-refractivity contribution in [3.63, 3.8) is 0 Å². The second kappa shape index (κ2) is 9.71. The molecular weight excluding hydrogens is 479 g/mol. The molecule has 1 aromatic heterocycles. The summed E-state index contributed by atoms with van der Waals surface area (Å²) in [5, 5.41) is 1.02. The predicted octanol–water partition coefficient (Wildman–Crippen LogP) is 5.39. The van der Waals surface area contributed by atoms with Crippen LogP contribution in [0.3, 0.4) is 0 Å². The Balaban J connectivity index is 1.32. The number of carbonyl (C=O) groups excluding carboxylic acids is 1. The molecule has 1 aliphatic carbocycles. The number of halogens is 3. The van der Waals surface area contributed by atoms with Crippen LogP contribution >= 0.6 is 0 Å². The van der Waals surface area contributed by atoms with Crippen molar-refractivity contribution in [2.75, 3.05) is 32.9 Å². The van der Waals surface area contributed by atoms with Gasteiger partial charge in [0, 0.05) is 66.7 Å². The van der Waals surface area contributed by atoms with Gasteiger partial charge in [-0.2, -0.15) is 0 Å². The van der Waals surface area contributed by atoms with Crippen LogP contribution < -0.4 is 4.74 Å². The predicted molar refractivity (Wildman–Crippen MR) is 135 cm³/mol. The normalized spacial score (nSPS) is 22.2. The molecule has 2 aromatic carbocycles. The fourth-order valence-corrected chi connectivity index (χ4v) is 5.96. The standard InChI is InChI=1S/C29H32F3N3O2/c1-17-10-22-21-4-2-3-5-25(21)33-28(22)29(35(17)26(36)11-18-6-7-18)27-23(31)12-20(13-24(27)32)37-9-8-34-15-19(14-30)16-34/h2-5,12-13,17-19,29,33H,6-11,14-16H2,1H3/t17-,29-/m1/s1. The molecule has 3 heterocycles. The zero-order chi connectivity index (χ0) is 25.7. The van der Waals surface area contributed by atoms with E-state index in [1.165, 1.54) is 12.1 Å². The molecule has 8 heteroatoms. The number of likely N-dealkylation sites (tertiary alicyclic amines) is 1. The largest absolute Gasteiger partial charge is 0.492 e. The van der Waals surface area contributed by atoms with Crippen LogP contribution in [0.5, 0.6) is 5.75 Å². The molecular formula is C29H32F3N3O2. The highest BCUT2D eigenvalue weighted by Gasteiger charge is 2.42. The summed E-state index contributed by atoms with van der Waals surface area (Å²) in [4.78, 5) is 20.6. The van der Waals surface area contributed by atoms with Crippen molar-refractivity contribution >= 4 is 16.8 Å². The van der Waals surface area contributed by atoms with Gasteiger partial charge in [0.15, 0.2) is 0 Å². The molecule has 6 rings (SSSR count). The lowest BCUT2D eigenvalue weighted by atomic mass is 9.87. The lowest BCUT2D eigenvalue weighted by Gasteiger charge is -2.41. The second-order valence-electron chi connectivity index (χ2n) is 10.9. The van der Waals surface area contributed by atoms with Crippen LogP contribution in [-0.2, 0) is 11.2 Å². The third-order valence-corrected chi connectivity index (χ3v) is 8.07. The van der Waals surface area contributed by atoms with E-state index in [9.17, 15) is 9.18 Å². The van der Waals surface area contributed by atoms with E-state index in [-0.39, 0.29) is 42.5 Å². The van der Waals surface area contributed by atoms with E-state index in [2.05, 4.69) is 9.88 Å². The molecule has 37 heavy (non-hydrogen) atoms. The van der Waals surface area contributed by atoms with Crippen molar-refractivity contribution in [1.29, 1.82) is 0 Å². The van der Waals surface area contributed by atoms with E-state index in [0.29, 0.717) is 44.1 Å². The highest BCUT2D eigenvalue weighted by Crippen LogP contribution is 2.44. The van der Waals surface area contributed by atoms with Crippen LogP contribution in [0.4, 0.5) is 13.2 Å². The van der Waals surface area contributed by atoms with Gasteiger partial charge in [-0.15, -0.1) is 0 Å². The van der Waals surface area contributed by atoms with Crippen LogP contribution in [0.15, 0.2) is 36.4 Å². The minimum absolute atomic E-state index is 0.0652. The number of rotatable bonds is 8. The summed E-state index contributed by atoms with van der Waals surface area (Å²) in [5.41, 5.74) is 2.44. The maximum atomic E-state index is 15.7. The number of amides is 1. The van der Waals surface area contributed by atoms with Crippen LogP contribution in [0.2, 0.25) is 0 Å². The van der Waals surface area contributed by atoms with Gasteiger partial charge in [-0.1, -0.05) is 18.2 Å². The molecule has 2 aliphatic heterocycles. The molecule has 2 atom stereocenters. The summed E-state index contributed by atoms with van der Waals surface area (Å²) in [6.45, 7) is 3.82. The molecule has 2 fully saturated rings. The Bertz CT molecular complexity index is 1290. The summed E-state index contributed by atoms with van der Waals surface area (Å²) in [6.07, 6.45) is 3.07. The highest BCUT2D eigenvalue weighted by atomic mass is 19.1. The Hall–Kier alpha value is -3.00. The number of para-hydroxylation sites is 1. The molecule has 3 aromatic rings. The van der Waals surface area contributed by atoms with Crippen LogP contribution in [0.1, 0.15) is 49.0 Å². The Morgan fingerprint density at radius 2 is 1.84 bits per heavy atom. The second-order valence-corrected chi connectivity index (χ2v) is 10.9. The number of nitrogens with one attached hydrogen (secondary N) is 1. The van der Waals surface area contributed by atoms with E-state index >= 15 is 8.78 Å². The molecule has 0 unspecified atom stereocenters. The zero-order valence-electron chi connectivity index (χ0n) is 21.0. The Kier molecular flexibility index (Phi) is 6.39. The molecule has 1 amide bonds. The lowest BCUT2D eigenvalue weighted by molar-refractivity contribution is -0.136. The van der Waals surface area contributed by atoms with Crippen molar-refractivity contribution in [1.82, 2.24) is 14.8 Å². The molecule has 1 N–H and O–H groups in total. The molecule has 0 bridgehead atoms. The van der Waals surface area contributed by atoms with E-state index < -0.39 is 17.7 Å². The van der Waals surface area contributed by atoms with Crippen LogP contribution in [0, 0.1) is 23.5 Å². The van der Waals surface area contributed by atoms with Crippen molar-refractivity contribution in [2.45, 2.75) is 44.7 Å². The maximum Gasteiger partial charge on any atom is 0.223 e. The minimum atomic E-state index is -0.884. The van der Waals surface area contributed by atoms with Gasteiger partial charge in [0.25, 0.3) is 0 Å². The summed E-state index contributed by atoms with van der Waals surface area (Å²) in [7, 11) is 0. The van der Waals surface area contributed by atoms with Gasteiger partial charge in [0.2, 0.25) is 5.91 Å². The molecule has 0 radical (unpaired) electrons. The molecule has 3 aliphatic rings. The number of ether oxygens (including phenoxy) is 1. The number of carbonyl (C=O) groups is 1. The highest BCUT2D eigenvalue weighted by molar-refractivity contribution is 5.87. The Morgan fingerprint density at radius 1 is 1.11 bits per heavy atom. The number of alkyl halides is 1. The smallest absolute Gasteiger partial charge is 0.223 e. The number of H-pyrrole nitrogens is 1. The van der Waals surface area contributed by atoms with Gasteiger partial charge in [-0.05, 0) is 43.7 Å². The zero-order valence-corrected chi connectivity index (χ0v) is 21.0. The van der Waals surface area contributed by atoms with Gasteiger partial charge in [0.1, 0.15) is 30.0 Å². The van der Waals surface area contributed by atoms with Gasteiger partial charge < -0.3 is 14.6 Å². The van der Waals surface area contributed by atoms with Crippen LogP contribution in [-0.4, -0.2) is 59.6 Å². The molecule has 1 saturated carbocycles. The van der Waals surface area contributed by atoms with E-state index in [4.69, 9.17) is 4.74 Å². The number of nitrogens with zero attached hydrogens (tertiary/aromatic N) is 2.